The van der Waals surface area contributed by atoms with Gasteiger partial charge in [-0.15, -0.1) is 0 Å². The molecule has 1 amide bonds. The first-order valence-corrected chi connectivity index (χ1v) is 10.6. The van der Waals surface area contributed by atoms with Gasteiger partial charge in [0, 0.05) is 30.3 Å². The first kappa shape index (κ1) is 19.3. The van der Waals surface area contributed by atoms with Gasteiger partial charge in [0.2, 0.25) is 15.9 Å². The van der Waals surface area contributed by atoms with Crippen molar-refractivity contribution in [3.05, 3.63) is 77.2 Å². The molecule has 6 heteroatoms. The number of carbonyl (C=O) groups is 1. The smallest absolute Gasteiger partial charge is 0.233 e. The number of benzene rings is 2. The van der Waals surface area contributed by atoms with E-state index in [0.29, 0.717) is 6.54 Å². The molecule has 1 aliphatic rings. The number of hydrogen-bond acceptors (Lipinski definition) is 3. The lowest BCUT2D eigenvalue weighted by molar-refractivity contribution is -0.121. The van der Waals surface area contributed by atoms with Crippen molar-refractivity contribution in [1.82, 2.24) is 10.0 Å². The van der Waals surface area contributed by atoms with E-state index in [1.807, 2.05) is 48.5 Å². The van der Waals surface area contributed by atoms with Crippen molar-refractivity contribution in [3.63, 3.8) is 0 Å². The maximum absolute atomic E-state index is 12.1. The van der Waals surface area contributed by atoms with Crippen LogP contribution in [-0.2, 0) is 20.2 Å². The number of carbonyl (C=O) groups excluding carboxylic acids is 1. The van der Waals surface area contributed by atoms with Crippen molar-refractivity contribution in [2.45, 2.75) is 24.7 Å². The quantitative estimate of drug-likeness (QED) is 0.698. The van der Waals surface area contributed by atoms with Crippen LogP contribution in [-0.4, -0.2) is 27.4 Å². The zero-order valence-electron chi connectivity index (χ0n) is 15.1. The summed E-state index contributed by atoms with van der Waals surface area (Å²) in [4.78, 5) is 12.1. The van der Waals surface area contributed by atoms with E-state index in [1.54, 1.807) is 0 Å². The van der Waals surface area contributed by atoms with Gasteiger partial charge < -0.3 is 5.32 Å². The number of hydrogen-bond donors (Lipinski definition) is 2. The highest BCUT2D eigenvalue weighted by Crippen LogP contribution is 2.47. The minimum atomic E-state index is -3.56. The van der Waals surface area contributed by atoms with Gasteiger partial charge in [0.15, 0.2) is 0 Å². The summed E-state index contributed by atoms with van der Waals surface area (Å²) >= 11 is 0. The van der Waals surface area contributed by atoms with Crippen LogP contribution in [0.25, 0.3) is 6.08 Å². The van der Waals surface area contributed by atoms with Crippen molar-refractivity contribution in [3.8, 4) is 0 Å². The van der Waals surface area contributed by atoms with Crippen LogP contribution in [0.2, 0.25) is 0 Å². The highest BCUT2D eigenvalue weighted by molar-refractivity contribution is 7.92. The predicted octanol–water partition coefficient (Wildman–Crippen LogP) is 2.81. The van der Waals surface area contributed by atoms with Crippen LogP contribution in [0.5, 0.6) is 0 Å². The summed E-state index contributed by atoms with van der Waals surface area (Å²) < 4.78 is 26.4. The Morgan fingerprint density at radius 1 is 1.00 bits per heavy atom. The highest BCUT2D eigenvalue weighted by atomic mass is 32.2. The van der Waals surface area contributed by atoms with E-state index in [9.17, 15) is 13.2 Å². The summed E-state index contributed by atoms with van der Waals surface area (Å²) in [6.07, 6.45) is 3.77. The molecule has 2 N–H and O–H groups in total. The monoisotopic (exact) mass is 384 g/mol. The molecule has 3 rings (SSSR count). The summed E-state index contributed by atoms with van der Waals surface area (Å²) in [5, 5.41) is 4.06. The molecular formula is C21H24N2O3S. The van der Waals surface area contributed by atoms with Gasteiger partial charge in [-0.2, -0.15) is 0 Å². The van der Waals surface area contributed by atoms with Gasteiger partial charge in [-0.1, -0.05) is 60.7 Å². The van der Waals surface area contributed by atoms with E-state index in [0.717, 1.165) is 23.8 Å². The van der Waals surface area contributed by atoms with Gasteiger partial charge in [-0.05, 0) is 30.0 Å². The third-order valence-corrected chi connectivity index (χ3v) is 5.86. The van der Waals surface area contributed by atoms with Crippen molar-refractivity contribution in [1.29, 1.82) is 0 Å². The molecule has 0 unspecified atom stereocenters. The summed E-state index contributed by atoms with van der Waals surface area (Å²) in [7, 11) is -3.56. The van der Waals surface area contributed by atoms with Gasteiger partial charge >= 0.3 is 0 Å². The summed E-state index contributed by atoms with van der Waals surface area (Å²) in [6, 6.07) is 19.4. The molecule has 0 aliphatic heterocycles. The Hall–Kier alpha value is -2.44. The Labute approximate surface area is 160 Å². The molecule has 2 aromatic carbocycles. The SMILES string of the molecule is O=C(CCNS(=O)(=O)/C=C/c1ccccc1)NCC1(c2ccccc2)CC1. The molecule has 0 saturated heterocycles. The molecule has 0 radical (unpaired) electrons. The van der Waals surface area contributed by atoms with Crippen molar-refractivity contribution in [2.24, 2.45) is 0 Å². The zero-order chi connectivity index (χ0) is 19.2. The summed E-state index contributed by atoms with van der Waals surface area (Å²) in [6.45, 7) is 0.669. The second-order valence-electron chi connectivity index (χ2n) is 6.83. The molecule has 2 aromatic rings. The van der Waals surface area contributed by atoms with Crippen molar-refractivity contribution in [2.75, 3.05) is 13.1 Å². The van der Waals surface area contributed by atoms with Gasteiger partial charge in [0.25, 0.3) is 0 Å². The Morgan fingerprint density at radius 2 is 1.63 bits per heavy atom. The highest BCUT2D eigenvalue weighted by Gasteiger charge is 2.44. The van der Waals surface area contributed by atoms with Crippen LogP contribution in [0.1, 0.15) is 30.4 Å². The number of nitrogens with one attached hydrogen (secondary N) is 2. The van der Waals surface area contributed by atoms with Gasteiger partial charge in [-0.25, -0.2) is 13.1 Å². The third kappa shape index (κ3) is 5.77. The fourth-order valence-electron chi connectivity index (χ4n) is 2.95. The average Bonchev–Trinajstić information content (AvgIpc) is 3.48. The van der Waals surface area contributed by atoms with E-state index in [4.69, 9.17) is 0 Å². The molecule has 142 valence electrons. The summed E-state index contributed by atoms with van der Waals surface area (Å²) in [5.41, 5.74) is 2.10. The minimum absolute atomic E-state index is 0.0504. The molecule has 5 nitrogen and oxygen atoms in total. The third-order valence-electron chi connectivity index (χ3n) is 4.76. The molecule has 0 atom stereocenters. The summed E-state index contributed by atoms with van der Waals surface area (Å²) in [5.74, 6) is -0.146. The predicted molar refractivity (Wildman–Crippen MR) is 107 cm³/mol. The molecule has 27 heavy (non-hydrogen) atoms. The maximum atomic E-state index is 12.1. The first-order chi connectivity index (χ1) is 13.0. The average molecular weight is 385 g/mol. The van der Waals surface area contributed by atoms with Crippen LogP contribution in [0, 0.1) is 0 Å². The van der Waals surface area contributed by atoms with Crippen LogP contribution in [0.15, 0.2) is 66.1 Å². The van der Waals surface area contributed by atoms with E-state index in [2.05, 4.69) is 22.2 Å². The number of rotatable bonds is 9. The van der Waals surface area contributed by atoms with E-state index >= 15 is 0 Å². The number of amides is 1. The van der Waals surface area contributed by atoms with Crippen LogP contribution in [0.3, 0.4) is 0 Å². The van der Waals surface area contributed by atoms with Crippen molar-refractivity contribution < 1.29 is 13.2 Å². The Kier molecular flexibility index (Phi) is 6.08. The molecule has 0 bridgehead atoms. The lowest BCUT2D eigenvalue weighted by Gasteiger charge is -2.16. The van der Waals surface area contributed by atoms with E-state index in [-0.39, 0.29) is 24.3 Å². The fourth-order valence-corrected chi connectivity index (χ4v) is 3.77. The molecule has 0 heterocycles. The minimum Gasteiger partial charge on any atom is -0.355 e. The number of sulfonamides is 1. The second-order valence-corrected chi connectivity index (χ2v) is 8.48. The zero-order valence-corrected chi connectivity index (χ0v) is 15.9. The first-order valence-electron chi connectivity index (χ1n) is 9.04. The van der Waals surface area contributed by atoms with Crippen LogP contribution >= 0.6 is 0 Å². The van der Waals surface area contributed by atoms with E-state index < -0.39 is 10.0 Å². The van der Waals surface area contributed by atoms with Crippen LogP contribution < -0.4 is 10.0 Å². The largest absolute Gasteiger partial charge is 0.355 e. The van der Waals surface area contributed by atoms with Gasteiger partial charge in [0.05, 0.1) is 0 Å². The Bertz CT molecular complexity index is 890. The van der Waals surface area contributed by atoms with Crippen molar-refractivity contribution >= 4 is 22.0 Å². The molecular weight excluding hydrogens is 360 g/mol. The van der Waals surface area contributed by atoms with Gasteiger partial charge in [-0.3, -0.25) is 4.79 Å². The lowest BCUT2D eigenvalue weighted by Crippen LogP contribution is -2.34. The topological polar surface area (TPSA) is 75.3 Å². The molecule has 1 saturated carbocycles. The molecule has 0 aromatic heterocycles. The molecule has 1 aliphatic carbocycles. The maximum Gasteiger partial charge on any atom is 0.233 e. The standard InChI is InChI=1S/C21H24N2O3S/c24-20(22-17-21(13-14-21)19-9-5-2-6-10-19)11-15-23-27(25,26)16-12-18-7-3-1-4-8-18/h1-10,12,16,23H,11,13-15,17H2,(H,22,24)/b16-12+. The Morgan fingerprint density at radius 3 is 2.26 bits per heavy atom. The molecule has 0 spiro atoms. The van der Waals surface area contributed by atoms with Crippen LogP contribution in [0.4, 0.5) is 0 Å². The normalized spacial score (nSPS) is 15.6. The second kappa shape index (κ2) is 8.50. The van der Waals surface area contributed by atoms with E-state index in [1.165, 1.54) is 11.6 Å². The van der Waals surface area contributed by atoms with Gasteiger partial charge in [0.1, 0.15) is 0 Å². The molecule has 1 fully saturated rings. The fraction of sp³-hybridized carbons (Fsp3) is 0.286. The Balaban J connectivity index is 1.41. The lowest BCUT2D eigenvalue weighted by atomic mass is 9.96.